The molecular weight excluding hydrogens is 204 g/mol. The molecule has 84 valence electrons. The standard InChI is InChI=1S/C9H18O4S/c1-3-4-5-7-14(11,12)8-6-9(10)13-2/h3-8H2,1-2H3. The molecule has 0 spiro atoms. The van der Waals surface area contributed by atoms with Crippen molar-refractivity contribution < 1.29 is 17.9 Å². The second kappa shape index (κ2) is 6.81. The van der Waals surface area contributed by atoms with Gasteiger partial charge >= 0.3 is 5.97 Å². The van der Waals surface area contributed by atoms with Gasteiger partial charge < -0.3 is 4.74 Å². The van der Waals surface area contributed by atoms with E-state index >= 15 is 0 Å². The normalized spacial score (nSPS) is 11.3. The van der Waals surface area contributed by atoms with Gasteiger partial charge in [-0.2, -0.15) is 0 Å². The molecule has 0 rings (SSSR count). The number of carbonyl (C=O) groups excluding carboxylic acids is 1. The zero-order chi connectivity index (χ0) is 11.0. The van der Waals surface area contributed by atoms with Crippen LogP contribution in [0.2, 0.25) is 0 Å². The summed E-state index contributed by atoms with van der Waals surface area (Å²) in [5.74, 6) is -0.384. The van der Waals surface area contributed by atoms with E-state index in [1.54, 1.807) is 0 Å². The van der Waals surface area contributed by atoms with E-state index in [2.05, 4.69) is 4.74 Å². The van der Waals surface area contributed by atoms with Crippen molar-refractivity contribution in [1.82, 2.24) is 0 Å². The minimum Gasteiger partial charge on any atom is -0.469 e. The van der Waals surface area contributed by atoms with E-state index in [9.17, 15) is 13.2 Å². The Morgan fingerprint density at radius 2 is 1.86 bits per heavy atom. The van der Waals surface area contributed by atoms with Gasteiger partial charge in [0.2, 0.25) is 0 Å². The lowest BCUT2D eigenvalue weighted by molar-refractivity contribution is -0.140. The summed E-state index contributed by atoms with van der Waals surface area (Å²) in [6.07, 6.45) is 2.55. The molecule has 0 fully saturated rings. The number of sulfone groups is 1. The predicted molar refractivity (Wildman–Crippen MR) is 54.8 cm³/mol. The van der Waals surface area contributed by atoms with Crippen molar-refractivity contribution in [3.63, 3.8) is 0 Å². The van der Waals surface area contributed by atoms with E-state index in [1.165, 1.54) is 7.11 Å². The summed E-state index contributed by atoms with van der Waals surface area (Å²) in [5, 5.41) is 0. The fraction of sp³-hybridized carbons (Fsp3) is 0.889. The maximum Gasteiger partial charge on any atom is 0.306 e. The lowest BCUT2D eigenvalue weighted by Gasteiger charge is -2.02. The minimum atomic E-state index is -3.06. The topological polar surface area (TPSA) is 60.4 Å². The number of methoxy groups -OCH3 is 1. The van der Waals surface area contributed by atoms with Crippen molar-refractivity contribution >= 4 is 15.8 Å². The molecule has 0 aromatic rings. The highest BCUT2D eigenvalue weighted by Gasteiger charge is 2.12. The Morgan fingerprint density at radius 1 is 1.21 bits per heavy atom. The third-order valence-corrected chi connectivity index (χ3v) is 3.64. The molecular formula is C9H18O4S. The van der Waals surface area contributed by atoms with Crippen molar-refractivity contribution in [2.24, 2.45) is 0 Å². The number of ether oxygens (including phenoxy) is 1. The van der Waals surface area contributed by atoms with Crippen molar-refractivity contribution in [3.8, 4) is 0 Å². The van der Waals surface area contributed by atoms with Gasteiger partial charge in [-0.15, -0.1) is 0 Å². The maximum atomic E-state index is 11.3. The second-order valence-corrected chi connectivity index (χ2v) is 5.49. The monoisotopic (exact) mass is 222 g/mol. The molecule has 0 bridgehead atoms. The van der Waals surface area contributed by atoms with Crippen LogP contribution < -0.4 is 0 Å². The van der Waals surface area contributed by atoms with Gasteiger partial charge in [-0.1, -0.05) is 19.8 Å². The first-order chi connectivity index (χ1) is 6.52. The molecule has 0 heterocycles. The van der Waals surface area contributed by atoms with Crippen LogP contribution in [0.1, 0.15) is 32.6 Å². The number of carbonyl (C=O) groups is 1. The Hall–Kier alpha value is -0.580. The summed E-state index contributed by atoms with van der Waals surface area (Å²) in [6.45, 7) is 2.01. The molecule has 0 saturated carbocycles. The van der Waals surface area contributed by atoms with Gasteiger partial charge in [0.05, 0.1) is 25.0 Å². The highest BCUT2D eigenvalue weighted by atomic mass is 32.2. The van der Waals surface area contributed by atoms with E-state index in [4.69, 9.17) is 0 Å². The van der Waals surface area contributed by atoms with Crippen LogP contribution in [0.25, 0.3) is 0 Å². The highest BCUT2D eigenvalue weighted by molar-refractivity contribution is 7.91. The summed E-state index contributed by atoms with van der Waals surface area (Å²) >= 11 is 0. The summed E-state index contributed by atoms with van der Waals surface area (Å²) in [5.41, 5.74) is 0. The molecule has 0 radical (unpaired) electrons. The third-order valence-electron chi connectivity index (χ3n) is 1.90. The van der Waals surface area contributed by atoms with E-state index in [-0.39, 0.29) is 17.9 Å². The van der Waals surface area contributed by atoms with Crippen molar-refractivity contribution in [1.29, 1.82) is 0 Å². The van der Waals surface area contributed by atoms with Crippen LogP contribution in [0.3, 0.4) is 0 Å². The molecule has 0 saturated heterocycles. The van der Waals surface area contributed by atoms with Gasteiger partial charge in [-0.3, -0.25) is 4.79 Å². The number of hydrogen-bond acceptors (Lipinski definition) is 4. The molecule has 0 aliphatic carbocycles. The summed E-state index contributed by atoms with van der Waals surface area (Å²) in [6, 6.07) is 0. The van der Waals surface area contributed by atoms with E-state index in [0.29, 0.717) is 6.42 Å². The van der Waals surface area contributed by atoms with Gasteiger partial charge in [0, 0.05) is 0 Å². The number of esters is 1. The van der Waals surface area contributed by atoms with Crippen LogP contribution in [0, 0.1) is 0 Å². The molecule has 0 unspecified atom stereocenters. The molecule has 0 aliphatic heterocycles. The largest absolute Gasteiger partial charge is 0.469 e. The van der Waals surface area contributed by atoms with Crippen LogP contribution in [0.15, 0.2) is 0 Å². The predicted octanol–water partition coefficient (Wildman–Crippen LogP) is 1.15. The van der Waals surface area contributed by atoms with Crippen LogP contribution in [-0.4, -0.2) is 33.0 Å². The Labute approximate surface area is 85.6 Å². The van der Waals surface area contributed by atoms with E-state index in [0.717, 1.165) is 12.8 Å². The lowest BCUT2D eigenvalue weighted by atomic mass is 10.3. The van der Waals surface area contributed by atoms with Crippen molar-refractivity contribution in [2.45, 2.75) is 32.6 Å². The third kappa shape index (κ3) is 6.88. The Bertz CT molecular complexity index is 256. The van der Waals surface area contributed by atoms with E-state index in [1.807, 2.05) is 6.92 Å². The van der Waals surface area contributed by atoms with Crippen LogP contribution in [-0.2, 0) is 19.4 Å². The SMILES string of the molecule is CCCCCS(=O)(=O)CCC(=O)OC. The molecule has 4 nitrogen and oxygen atoms in total. The molecule has 5 heteroatoms. The van der Waals surface area contributed by atoms with Crippen LogP contribution in [0.5, 0.6) is 0 Å². The average molecular weight is 222 g/mol. The molecule has 14 heavy (non-hydrogen) atoms. The first-order valence-electron chi connectivity index (χ1n) is 4.79. The molecule has 0 N–H and O–H groups in total. The smallest absolute Gasteiger partial charge is 0.306 e. The molecule has 0 aromatic carbocycles. The molecule has 0 atom stereocenters. The zero-order valence-corrected chi connectivity index (χ0v) is 9.60. The van der Waals surface area contributed by atoms with Crippen molar-refractivity contribution in [2.75, 3.05) is 18.6 Å². The number of rotatable bonds is 7. The van der Waals surface area contributed by atoms with Gasteiger partial charge in [0.15, 0.2) is 9.84 Å². The zero-order valence-electron chi connectivity index (χ0n) is 8.78. The Balaban J connectivity index is 3.78. The van der Waals surface area contributed by atoms with E-state index < -0.39 is 15.8 Å². The lowest BCUT2D eigenvalue weighted by Crippen LogP contribution is -2.15. The van der Waals surface area contributed by atoms with Crippen molar-refractivity contribution in [3.05, 3.63) is 0 Å². The van der Waals surface area contributed by atoms with Gasteiger partial charge in [0.25, 0.3) is 0 Å². The molecule has 0 aromatic heterocycles. The van der Waals surface area contributed by atoms with Gasteiger partial charge in [-0.05, 0) is 6.42 Å². The fourth-order valence-corrected chi connectivity index (χ4v) is 2.34. The average Bonchev–Trinajstić information content (AvgIpc) is 2.14. The quantitative estimate of drug-likeness (QED) is 0.479. The maximum absolute atomic E-state index is 11.3. The minimum absolute atomic E-state index is 0.0367. The first kappa shape index (κ1) is 13.4. The second-order valence-electron chi connectivity index (χ2n) is 3.19. The number of unbranched alkanes of at least 4 members (excludes halogenated alkanes) is 2. The Kier molecular flexibility index (Phi) is 6.53. The van der Waals surface area contributed by atoms with Gasteiger partial charge in [0.1, 0.15) is 0 Å². The first-order valence-corrected chi connectivity index (χ1v) is 6.61. The number of hydrogen-bond donors (Lipinski definition) is 0. The summed E-state index contributed by atoms with van der Waals surface area (Å²) in [7, 11) is -1.80. The summed E-state index contributed by atoms with van der Waals surface area (Å²) < 4.78 is 27.0. The van der Waals surface area contributed by atoms with Gasteiger partial charge in [-0.25, -0.2) is 8.42 Å². The summed E-state index contributed by atoms with van der Waals surface area (Å²) in [4.78, 5) is 10.7. The highest BCUT2D eigenvalue weighted by Crippen LogP contribution is 2.02. The van der Waals surface area contributed by atoms with Crippen LogP contribution in [0.4, 0.5) is 0 Å². The fourth-order valence-electron chi connectivity index (χ4n) is 1.01. The van der Waals surface area contributed by atoms with Crippen LogP contribution >= 0.6 is 0 Å². The molecule has 0 aliphatic rings. The molecule has 0 amide bonds. The Morgan fingerprint density at radius 3 is 2.36 bits per heavy atom.